The largest absolute Gasteiger partial charge is 0.306 e. The number of likely N-dealkylation sites (tertiary alicyclic amines) is 1. The second kappa shape index (κ2) is 7.59. The van der Waals surface area contributed by atoms with Crippen molar-refractivity contribution in [3.63, 3.8) is 0 Å². The van der Waals surface area contributed by atoms with Crippen LogP contribution in [0.5, 0.6) is 0 Å². The lowest BCUT2D eigenvalue weighted by Crippen LogP contribution is -2.37. The average Bonchev–Trinajstić information content (AvgIpc) is 2.44. The molecule has 1 fully saturated rings. The molecule has 1 heterocycles. The zero-order valence-electron chi connectivity index (χ0n) is 12.6. The van der Waals surface area contributed by atoms with Crippen molar-refractivity contribution in [1.29, 1.82) is 0 Å². The van der Waals surface area contributed by atoms with Gasteiger partial charge in [-0.2, -0.15) is 0 Å². The molecule has 1 aromatic rings. The summed E-state index contributed by atoms with van der Waals surface area (Å²) in [6.45, 7) is 3.63. The van der Waals surface area contributed by atoms with Crippen molar-refractivity contribution in [2.75, 3.05) is 40.3 Å². The van der Waals surface area contributed by atoms with Gasteiger partial charge in [0.2, 0.25) is 0 Å². The van der Waals surface area contributed by atoms with Gasteiger partial charge in [0.05, 0.1) is 11.6 Å². The Morgan fingerprint density at radius 2 is 2.00 bits per heavy atom. The van der Waals surface area contributed by atoms with E-state index in [1.165, 1.54) is 12.8 Å². The number of rotatable bonds is 5. The van der Waals surface area contributed by atoms with Gasteiger partial charge in [0.15, 0.2) is 5.78 Å². The maximum atomic E-state index is 12.3. The molecule has 2 rings (SSSR count). The Morgan fingerprint density at radius 1 is 1.33 bits per heavy atom. The number of hydrogen-bond acceptors (Lipinski definition) is 3. The molecule has 0 saturated carbocycles. The third-order valence-electron chi connectivity index (χ3n) is 4.05. The van der Waals surface area contributed by atoms with Crippen LogP contribution >= 0.6 is 23.2 Å². The van der Waals surface area contributed by atoms with Crippen molar-refractivity contribution in [2.45, 2.75) is 12.8 Å². The monoisotopic (exact) mass is 328 g/mol. The number of hydrogen-bond donors (Lipinski definition) is 0. The summed E-state index contributed by atoms with van der Waals surface area (Å²) in [6, 6.07) is 5.02. The summed E-state index contributed by atoms with van der Waals surface area (Å²) in [5, 5.41) is 1.01. The molecular formula is C16H22Cl2N2O. The molecule has 1 aliphatic rings. The molecule has 0 aliphatic carbocycles. The van der Waals surface area contributed by atoms with Crippen LogP contribution in [0.15, 0.2) is 18.2 Å². The van der Waals surface area contributed by atoms with Gasteiger partial charge in [-0.3, -0.25) is 9.69 Å². The Morgan fingerprint density at radius 3 is 2.67 bits per heavy atom. The molecule has 1 aliphatic heterocycles. The molecule has 0 atom stereocenters. The topological polar surface area (TPSA) is 23.6 Å². The first kappa shape index (κ1) is 16.8. The van der Waals surface area contributed by atoms with E-state index < -0.39 is 0 Å². The van der Waals surface area contributed by atoms with Gasteiger partial charge in [0.25, 0.3) is 0 Å². The van der Waals surface area contributed by atoms with Gasteiger partial charge in [-0.1, -0.05) is 23.2 Å². The molecular weight excluding hydrogens is 307 g/mol. The molecule has 5 heteroatoms. The normalized spacial score (nSPS) is 17.4. The van der Waals surface area contributed by atoms with Crippen LogP contribution < -0.4 is 0 Å². The van der Waals surface area contributed by atoms with Crippen molar-refractivity contribution in [1.82, 2.24) is 9.80 Å². The van der Waals surface area contributed by atoms with Crippen LogP contribution in [0, 0.1) is 5.92 Å². The smallest absolute Gasteiger partial charge is 0.178 e. The zero-order valence-corrected chi connectivity index (χ0v) is 14.1. The van der Waals surface area contributed by atoms with Gasteiger partial charge < -0.3 is 4.90 Å². The molecule has 3 nitrogen and oxygen atoms in total. The molecule has 0 bridgehead atoms. The highest BCUT2D eigenvalue weighted by Gasteiger charge is 2.20. The highest BCUT2D eigenvalue weighted by atomic mass is 35.5. The Kier molecular flexibility index (Phi) is 6.06. The highest BCUT2D eigenvalue weighted by molar-refractivity contribution is 6.36. The molecule has 21 heavy (non-hydrogen) atoms. The van der Waals surface area contributed by atoms with Gasteiger partial charge in [0, 0.05) is 17.1 Å². The quantitative estimate of drug-likeness (QED) is 0.773. The number of nitrogens with zero attached hydrogens (tertiary/aromatic N) is 2. The van der Waals surface area contributed by atoms with Crippen LogP contribution in [0.2, 0.25) is 10.0 Å². The Labute approximate surface area is 136 Å². The Bertz CT molecular complexity index is 499. The summed E-state index contributed by atoms with van der Waals surface area (Å²) in [5.74, 6) is 0.701. The van der Waals surface area contributed by atoms with Crippen molar-refractivity contribution in [3.05, 3.63) is 33.8 Å². The van der Waals surface area contributed by atoms with Crippen LogP contribution in [-0.2, 0) is 0 Å². The van der Waals surface area contributed by atoms with E-state index in [0.29, 0.717) is 28.1 Å². The number of benzene rings is 1. The summed E-state index contributed by atoms with van der Waals surface area (Å²) in [6.07, 6.45) is 2.40. The van der Waals surface area contributed by atoms with Gasteiger partial charge in [-0.05, 0) is 64.1 Å². The molecule has 0 N–H and O–H groups in total. The first-order chi connectivity index (χ1) is 9.95. The highest BCUT2D eigenvalue weighted by Crippen LogP contribution is 2.22. The Balaban J connectivity index is 1.88. The van der Waals surface area contributed by atoms with E-state index in [1.807, 2.05) is 7.05 Å². The molecule has 1 aromatic carbocycles. The lowest BCUT2D eigenvalue weighted by atomic mass is 9.96. The maximum absolute atomic E-state index is 12.3. The van der Waals surface area contributed by atoms with E-state index in [1.54, 1.807) is 18.2 Å². The summed E-state index contributed by atoms with van der Waals surface area (Å²) in [5.41, 5.74) is 0.513. The van der Waals surface area contributed by atoms with E-state index in [-0.39, 0.29) is 5.78 Å². The third kappa shape index (κ3) is 4.96. The minimum Gasteiger partial charge on any atom is -0.306 e. The van der Waals surface area contributed by atoms with Crippen molar-refractivity contribution >= 4 is 29.0 Å². The maximum Gasteiger partial charge on any atom is 0.178 e. The number of carbonyl (C=O) groups excluding carboxylic acids is 1. The van der Waals surface area contributed by atoms with Crippen LogP contribution in [0.4, 0.5) is 0 Å². The van der Waals surface area contributed by atoms with E-state index in [9.17, 15) is 4.79 Å². The van der Waals surface area contributed by atoms with Crippen molar-refractivity contribution in [2.24, 2.45) is 5.92 Å². The summed E-state index contributed by atoms with van der Waals surface area (Å²) >= 11 is 12.0. The number of ketones is 1. The van der Waals surface area contributed by atoms with Gasteiger partial charge in [0.1, 0.15) is 0 Å². The lowest BCUT2D eigenvalue weighted by Gasteiger charge is -2.31. The van der Waals surface area contributed by atoms with E-state index in [0.717, 1.165) is 19.6 Å². The standard InChI is InChI=1S/C16H22Cl2N2O/c1-19-7-5-12(6-8-19)10-20(2)11-16(21)14-9-13(17)3-4-15(14)18/h3-4,9,12H,5-8,10-11H2,1-2H3. The fraction of sp³-hybridized carbons (Fsp3) is 0.562. The van der Waals surface area contributed by atoms with E-state index in [2.05, 4.69) is 16.8 Å². The van der Waals surface area contributed by atoms with Crippen LogP contribution in [-0.4, -0.2) is 55.9 Å². The molecule has 0 spiro atoms. The summed E-state index contributed by atoms with van der Waals surface area (Å²) in [7, 11) is 4.15. The number of piperidine rings is 1. The number of halogens is 2. The number of carbonyl (C=O) groups is 1. The second-order valence-corrected chi connectivity index (χ2v) is 6.83. The van der Waals surface area contributed by atoms with Crippen LogP contribution in [0.25, 0.3) is 0 Å². The molecule has 1 saturated heterocycles. The molecule has 0 radical (unpaired) electrons. The summed E-state index contributed by atoms with van der Waals surface area (Å²) in [4.78, 5) is 16.8. The minimum atomic E-state index is 0.0259. The third-order valence-corrected chi connectivity index (χ3v) is 4.62. The molecule has 116 valence electrons. The fourth-order valence-corrected chi connectivity index (χ4v) is 3.19. The predicted octanol–water partition coefficient (Wildman–Crippen LogP) is 3.45. The zero-order chi connectivity index (χ0) is 15.4. The van der Waals surface area contributed by atoms with Gasteiger partial charge in [-0.15, -0.1) is 0 Å². The fourth-order valence-electron chi connectivity index (χ4n) is 2.79. The van der Waals surface area contributed by atoms with Gasteiger partial charge >= 0.3 is 0 Å². The average molecular weight is 329 g/mol. The SMILES string of the molecule is CN1CCC(CN(C)CC(=O)c2cc(Cl)ccc2Cl)CC1. The van der Waals surface area contributed by atoms with Crippen LogP contribution in [0.3, 0.4) is 0 Å². The first-order valence-corrected chi connectivity index (χ1v) is 8.06. The van der Waals surface area contributed by atoms with E-state index in [4.69, 9.17) is 23.2 Å². The number of likely N-dealkylation sites (N-methyl/N-ethyl adjacent to an activating group) is 1. The lowest BCUT2D eigenvalue weighted by molar-refractivity contribution is 0.0925. The molecule has 0 amide bonds. The van der Waals surface area contributed by atoms with E-state index >= 15 is 0 Å². The molecule has 0 unspecified atom stereocenters. The number of Topliss-reactive ketones (excluding diaryl/α,β-unsaturated/α-hetero) is 1. The van der Waals surface area contributed by atoms with Gasteiger partial charge in [-0.25, -0.2) is 0 Å². The molecule has 0 aromatic heterocycles. The first-order valence-electron chi connectivity index (χ1n) is 7.31. The second-order valence-electron chi connectivity index (χ2n) is 5.99. The van der Waals surface area contributed by atoms with Crippen molar-refractivity contribution < 1.29 is 4.79 Å². The summed E-state index contributed by atoms with van der Waals surface area (Å²) < 4.78 is 0. The minimum absolute atomic E-state index is 0.0259. The van der Waals surface area contributed by atoms with Crippen LogP contribution in [0.1, 0.15) is 23.2 Å². The predicted molar refractivity (Wildman–Crippen MR) is 88.5 cm³/mol. The van der Waals surface area contributed by atoms with Crippen molar-refractivity contribution in [3.8, 4) is 0 Å². The Hall–Kier alpha value is -0.610.